The van der Waals surface area contributed by atoms with Gasteiger partial charge in [-0.3, -0.25) is 0 Å². The van der Waals surface area contributed by atoms with Crippen LogP contribution in [0.2, 0.25) is 0 Å². The van der Waals surface area contributed by atoms with Crippen LogP contribution in [0, 0.1) is 17.0 Å². The molecule has 1 heterocycles. The number of aromatic nitrogens is 2. The second-order valence-electron chi connectivity index (χ2n) is 3.17. The Kier molecular flexibility index (Phi) is 2.21. The molecule has 1 aromatic heterocycles. The van der Waals surface area contributed by atoms with Gasteiger partial charge in [-0.2, -0.15) is 0 Å². The molecule has 0 aliphatic carbocycles. The topological polar surface area (TPSA) is 71.8 Å². The van der Waals surface area contributed by atoms with Crippen molar-refractivity contribution < 1.29 is 4.92 Å². The highest BCUT2D eigenvalue weighted by Gasteiger charge is 2.18. The Morgan fingerprint density at radius 2 is 2.00 bits per heavy atom. The fraction of sp³-hybridized carbons (Fsp3) is 0.100. The molecular weight excluding hydrogens is 194 g/mol. The number of nitrogens with zero attached hydrogens (tertiary/aromatic N) is 2. The van der Waals surface area contributed by atoms with E-state index >= 15 is 0 Å². The number of nitrogens with one attached hydrogen (secondary N) is 1. The molecule has 0 unspecified atom stereocenters. The maximum absolute atomic E-state index is 10.6. The van der Waals surface area contributed by atoms with Gasteiger partial charge in [0, 0.05) is 5.56 Å². The van der Waals surface area contributed by atoms with Crippen molar-refractivity contribution in [1.29, 1.82) is 0 Å². The molecule has 5 heteroatoms. The Morgan fingerprint density at radius 3 is 2.53 bits per heavy atom. The van der Waals surface area contributed by atoms with Crippen molar-refractivity contribution in [3.63, 3.8) is 0 Å². The molecule has 2 rings (SSSR count). The molecule has 1 aromatic carbocycles. The molecule has 0 saturated carbocycles. The van der Waals surface area contributed by atoms with E-state index in [4.69, 9.17) is 0 Å². The summed E-state index contributed by atoms with van der Waals surface area (Å²) in [6.45, 7) is 1.68. The minimum absolute atomic E-state index is 0.0474. The summed E-state index contributed by atoms with van der Waals surface area (Å²) in [5.74, 6) is -0.0474. The summed E-state index contributed by atoms with van der Waals surface area (Å²) < 4.78 is 0. The normalized spacial score (nSPS) is 10.2. The van der Waals surface area contributed by atoms with Crippen LogP contribution in [0.15, 0.2) is 30.3 Å². The average Bonchev–Trinajstić information content (AvgIpc) is 2.61. The van der Waals surface area contributed by atoms with Crippen LogP contribution in [0.25, 0.3) is 11.3 Å². The second kappa shape index (κ2) is 3.53. The molecule has 0 aliphatic rings. The maximum Gasteiger partial charge on any atom is 0.346 e. The number of nitro groups is 1. The lowest BCUT2D eigenvalue weighted by Gasteiger charge is -1.95. The third-order valence-electron chi connectivity index (χ3n) is 2.21. The Morgan fingerprint density at radius 1 is 1.33 bits per heavy atom. The molecule has 76 valence electrons. The van der Waals surface area contributed by atoms with E-state index in [-0.39, 0.29) is 5.82 Å². The minimum Gasteiger partial charge on any atom is -0.358 e. The van der Waals surface area contributed by atoms with E-state index in [1.165, 1.54) is 0 Å². The van der Waals surface area contributed by atoms with Crippen LogP contribution in [-0.2, 0) is 0 Å². The predicted molar refractivity (Wildman–Crippen MR) is 55.4 cm³/mol. The molecule has 5 nitrogen and oxygen atoms in total. The lowest BCUT2D eigenvalue weighted by atomic mass is 10.1. The largest absolute Gasteiger partial charge is 0.358 e. The number of rotatable bonds is 2. The van der Waals surface area contributed by atoms with Crippen LogP contribution < -0.4 is 0 Å². The van der Waals surface area contributed by atoms with Gasteiger partial charge in [0.15, 0.2) is 0 Å². The number of H-pyrrole nitrogens is 1. The molecule has 0 spiro atoms. The summed E-state index contributed by atoms with van der Waals surface area (Å²) in [5.41, 5.74) is 2.06. The standard InChI is InChI=1S/C10H9N3O2/c1-7-9(8-5-3-2-4-6-8)11-12-10(7)13(14)15/h2-6H,1H3,(H,11,12). The van der Waals surface area contributed by atoms with Gasteiger partial charge in [-0.05, 0) is 11.8 Å². The number of hydrogen-bond acceptors (Lipinski definition) is 3. The third-order valence-corrected chi connectivity index (χ3v) is 2.21. The number of benzene rings is 1. The summed E-state index contributed by atoms with van der Waals surface area (Å²) in [6.07, 6.45) is 0. The molecule has 1 N–H and O–H groups in total. The van der Waals surface area contributed by atoms with Crippen molar-refractivity contribution >= 4 is 5.82 Å². The summed E-state index contributed by atoms with van der Waals surface area (Å²) in [4.78, 5) is 10.1. The summed E-state index contributed by atoms with van der Waals surface area (Å²) in [5, 5.41) is 17.0. The lowest BCUT2D eigenvalue weighted by Crippen LogP contribution is -1.89. The molecule has 0 fully saturated rings. The van der Waals surface area contributed by atoms with Crippen molar-refractivity contribution in [2.45, 2.75) is 6.92 Å². The first-order valence-electron chi connectivity index (χ1n) is 4.45. The van der Waals surface area contributed by atoms with Crippen LogP contribution in [0.1, 0.15) is 5.56 Å². The van der Waals surface area contributed by atoms with Crippen LogP contribution in [0.4, 0.5) is 5.82 Å². The van der Waals surface area contributed by atoms with Crippen molar-refractivity contribution in [3.8, 4) is 11.3 Å². The first-order valence-corrected chi connectivity index (χ1v) is 4.45. The van der Waals surface area contributed by atoms with Crippen molar-refractivity contribution in [3.05, 3.63) is 46.0 Å². The van der Waals surface area contributed by atoms with E-state index < -0.39 is 4.92 Å². The van der Waals surface area contributed by atoms with E-state index in [1.54, 1.807) is 6.92 Å². The molecule has 0 saturated heterocycles. The highest BCUT2D eigenvalue weighted by molar-refractivity contribution is 5.65. The van der Waals surface area contributed by atoms with Crippen LogP contribution in [0.3, 0.4) is 0 Å². The van der Waals surface area contributed by atoms with Gasteiger partial charge in [-0.25, -0.2) is 0 Å². The number of hydrogen-bond donors (Lipinski definition) is 1. The monoisotopic (exact) mass is 203 g/mol. The highest BCUT2D eigenvalue weighted by Crippen LogP contribution is 2.26. The fourth-order valence-electron chi connectivity index (χ4n) is 1.44. The quantitative estimate of drug-likeness (QED) is 0.601. The van der Waals surface area contributed by atoms with Gasteiger partial charge in [0.05, 0.1) is 5.56 Å². The van der Waals surface area contributed by atoms with Gasteiger partial charge in [0.1, 0.15) is 5.69 Å². The third kappa shape index (κ3) is 1.59. The highest BCUT2D eigenvalue weighted by atomic mass is 16.6. The molecular formula is C10H9N3O2. The fourth-order valence-corrected chi connectivity index (χ4v) is 1.44. The molecule has 15 heavy (non-hydrogen) atoms. The molecule has 2 aromatic rings. The van der Waals surface area contributed by atoms with E-state index in [9.17, 15) is 10.1 Å². The smallest absolute Gasteiger partial charge is 0.346 e. The van der Waals surface area contributed by atoms with Gasteiger partial charge in [0.25, 0.3) is 0 Å². The maximum atomic E-state index is 10.6. The second-order valence-corrected chi connectivity index (χ2v) is 3.17. The van der Waals surface area contributed by atoms with Crippen molar-refractivity contribution in [2.75, 3.05) is 0 Å². The summed E-state index contributed by atoms with van der Waals surface area (Å²) in [7, 11) is 0. The predicted octanol–water partition coefficient (Wildman–Crippen LogP) is 2.29. The summed E-state index contributed by atoms with van der Waals surface area (Å²) in [6, 6.07) is 9.37. The molecule has 0 bridgehead atoms. The Hall–Kier alpha value is -2.17. The zero-order chi connectivity index (χ0) is 10.8. The first-order chi connectivity index (χ1) is 7.20. The Labute approximate surface area is 85.9 Å². The van der Waals surface area contributed by atoms with Crippen LogP contribution >= 0.6 is 0 Å². The van der Waals surface area contributed by atoms with Gasteiger partial charge >= 0.3 is 5.82 Å². The number of aromatic amines is 1. The van der Waals surface area contributed by atoms with Crippen LogP contribution in [-0.4, -0.2) is 15.1 Å². The van der Waals surface area contributed by atoms with E-state index in [2.05, 4.69) is 10.2 Å². The first kappa shape index (κ1) is 9.39. The molecule has 0 atom stereocenters. The lowest BCUT2D eigenvalue weighted by molar-refractivity contribution is -0.390. The Balaban J connectivity index is 2.52. The van der Waals surface area contributed by atoms with E-state index in [0.29, 0.717) is 11.3 Å². The Bertz CT molecular complexity index is 491. The zero-order valence-electron chi connectivity index (χ0n) is 8.10. The molecule has 0 aliphatic heterocycles. The van der Waals surface area contributed by atoms with Gasteiger partial charge in [0.2, 0.25) is 0 Å². The molecule has 0 amide bonds. The summed E-state index contributed by atoms with van der Waals surface area (Å²) >= 11 is 0. The average molecular weight is 203 g/mol. The van der Waals surface area contributed by atoms with Gasteiger partial charge < -0.3 is 10.1 Å². The molecule has 0 radical (unpaired) electrons. The minimum atomic E-state index is -0.464. The zero-order valence-corrected chi connectivity index (χ0v) is 8.10. The van der Waals surface area contributed by atoms with E-state index in [0.717, 1.165) is 5.56 Å². The SMILES string of the molecule is Cc1c(-c2ccccc2)n[nH]c1[N+](=O)[O-]. The van der Waals surface area contributed by atoms with Crippen molar-refractivity contribution in [1.82, 2.24) is 10.2 Å². The van der Waals surface area contributed by atoms with E-state index in [1.807, 2.05) is 30.3 Å². The van der Waals surface area contributed by atoms with Crippen LogP contribution in [0.5, 0.6) is 0 Å². The van der Waals surface area contributed by atoms with Gasteiger partial charge in [-0.15, -0.1) is 5.10 Å². The van der Waals surface area contributed by atoms with Gasteiger partial charge in [-0.1, -0.05) is 35.4 Å². The van der Waals surface area contributed by atoms with Crippen molar-refractivity contribution in [2.24, 2.45) is 0 Å².